The van der Waals surface area contributed by atoms with Crippen LogP contribution in [-0.4, -0.2) is 11.7 Å². The van der Waals surface area contributed by atoms with E-state index in [4.69, 9.17) is 0 Å². The number of hydrogen-bond acceptors (Lipinski definition) is 2. The number of nitrogens with one attached hydrogen (secondary N) is 1. The van der Waals surface area contributed by atoms with E-state index >= 15 is 0 Å². The van der Waals surface area contributed by atoms with E-state index in [0.717, 1.165) is 22.2 Å². The van der Waals surface area contributed by atoms with Gasteiger partial charge in [0, 0.05) is 10.2 Å². The SMILES string of the molecule is CC[C@H](NC(=O)CSCc1ccc(Br)cc1)c1ccccc1. The number of rotatable bonds is 7. The molecule has 0 radical (unpaired) electrons. The minimum atomic E-state index is 0.0952. The van der Waals surface area contributed by atoms with Crippen LogP contribution in [0.4, 0.5) is 0 Å². The Bertz CT molecular complexity index is 586. The number of carbonyl (C=O) groups is 1. The van der Waals surface area contributed by atoms with Gasteiger partial charge in [0.1, 0.15) is 0 Å². The van der Waals surface area contributed by atoms with Crippen LogP contribution >= 0.6 is 27.7 Å². The van der Waals surface area contributed by atoms with Gasteiger partial charge in [-0.05, 0) is 29.7 Å². The van der Waals surface area contributed by atoms with Crippen LogP contribution in [-0.2, 0) is 10.5 Å². The number of hydrogen-bond donors (Lipinski definition) is 1. The summed E-state index contributed by atoms with van der Waals surface area (Å²) in [4.78, 5) is 12.1. The van der Waals surface area contributed by atoms with E-state index in [1.54, 1.807) is 11.8 Å². The van der Waals surface area contributed by atoms with Crippen LogP contribution in [0.2, 0.25) is 0 Å². The predicted molar refractivity (Wildman–Crippen MR) is 97.9 cm³/mol. The van der Waals surface area contributed by atoms with Crippen molar-refractivity contribution in [3.05, 3.63) is 70.2 Å². The average molecular weight is 378 g/mol. The maximum absolute atomic E-state index is 12.1. The largest absolute Gasteiger partial charge is 0.349 e. The second kappa shape index (κ2) is 9.01. The van der Waals surface area contributed by atoms with Gasteiger partial charge in [0.25, 0.3) is 0 Å². The summed E-state index contributed by atoms with van der Waals surface area (Å²) in [7, 11) is 0. The third-order valence-electron chi connectivity index (χ3n) is 3.36. The number of amides is 1. The maximum Gasteiger partial charge on any atom is 0.230 e. The highest BCUT2D eigenvalue weighted by atomic mass is 79.9. The van der Waals surface area contributed by atoms with Crippen molar-refractivity contribution in [2.24, 2.45) is 0 Å². The minimum absolute atomic E-state index is 0.0952. The van der Waals surface area contributed by atoms with Gasteiger partial charge in [0.15, 0.2) is 0 Å². The molecular formula is C18H20BrNOS. The summed E-state index contributed by atoms with van der Waals surface area (Å²) < 4.78 is 1.08. The van der Waals surface area contributed by atoms with Gasteiger partial charge in [-0.1, -0.05) is 65.3 Å². The van der Waals surface area contributed by atoms with Crippen LogP contribution in [0.15, 0.2) is 59.1 Å². The Balaban J connectivity index is 1.78. The predicted octanol–water partition coefficient (Wildman–Crippen LogP) is 4.95. The number of benzene rings is 2. The lowest BCUT2D eigenvalue weighted by Gasteiger charge is -2.17. The topological polar surface area (TPSA) is 29.1 Å². The van der Waals surface area contributed by atoms with Crippen molar-refractivity contribution >= 4 is 33.6 Å². The van der Waals surface area contributed by atoms with Crippen molar-refractivity contribution in [3.8, 4) is 0 Å². The molecule has 0 fully saturated rings. The molecule has 0 heterocycles. The monoisotopic (exact) mass is 377 g/mol. The Morgan fingerprint density at radius 1 is 1.14 bits per heavy atom. The van der Waals surface area contributed by atoms with Crippen LogP contribution in [0.25, 0.3) is 0 Å². The van der Waals surface area contributed by atoms with Crippen molar-refractivity contribution in [2.75, 3.05) is 5.75 Å². The molecule has 0 spiro atoms. The van der Waals surface area contributed by atoms with Crippen LogP contribution < -0.4 is 5.32 Å². The van der Waals surface area contributed by atoms with Crippen LogP contribution in [0, 0.1) is 0 Å². The normalized spacial score (nSPS) is 11.9. The summed E-state index contributed by atoms with van der Waals surface area (Å²) in [6, 6.07) is 18.4. The quantitative estimate of drug-likeness (QED) is 0.739. The van der Waals surface area contributed by atoms with Crippen molar-refractivity contribution in [2.45, 2.75) is 25.1 Å². The van der Waals surface area contributed by atoms with E-state index in [9.17, 15) is 4.79 Å². The summed E-state index contributed by atoms with van der Waals surface area (Å²) >= 11 is 5.06. The molecule has 2 aromatic rings. The lowest BCUT2D eigenvalue weighted by molar-refractivity contribution is -0.119. The lowest BCUT2D eigenvalue weighted by atomic mass is 10.0. The molecule has 0 unspecified atom stereocenters. The summed E-state index contributed by atoms with van der Waals surface area (Å²) in [6.07, 6.45) is 0.896. The zero-order valence-electron chi connectivity index (χ0n) is 12.6. The van der Waals surface area contributed by atoms with E-state index in [0.29, 0.717) is 5.75 Å². The molecule has 2 rings (SSSR count). The molecule has 0 saturated heterocycles. The second-order valence-electron chi connectivity index (χ2n) is 5.06. The van der Waals surface area contributed by atoms with Gasteiger partial charge in [-0.3, -0.25) is 4.79 Å². The van der Waals surface area contributed by atoms with Crippen molar-refractivity contribution in [1.29, 1.82) is 0 Å². The number of carbonyl (C=O) groups excluding carboxylic acids is 1. The molecule has 2 nitrogen and oxygen atoms in total. The van der Waals surface area contributed by atoms with Gasteiger partial charge < -0.3 is 5.32 Å². The summed E-state index contributed by atoms with van der Waals surface area (Å²) in [5.41, 5.74) is 2.40. The van der Waals surface area contributed by atoms with Gasteiger partial charge in [-0.25, -0.2) is 0 Å². The molecule has 0 aliphatic heterocycles. The van der Waals surface area contributed by atoms with E-state index in [-0.39, 0.29) is 11.9 Å². The lowest BCUT2D eigenvalue weighted by Crippen LogP contribution is -2.29. The molecule has 2 aromatic carbocycles. The molecule has 0 aliphatic carbocycles. The Morgan fingerprint density at radius 2 is 1.82 bits per heavy atom. The zero-order chi connectivity index (χ0) is 15.8. The van der Waals surface area contributed by atoms with E-state index in [2.05, 4.69) is 52.4 Å². The Morgan fingerprint density at radius 3 is 2.45 bits per heavy atom. The van der Waals surface area contributed by atoms with Crippen LogP contribution in [0.5, 0.6) is 0 Å². The van der Waals surface area contributed by atoms with Gasteiger partial charge in [-0.2, -0.15) is 0 Å². The minimum Gasteiger partial charge on any atom is -0.349 e. The van der Waals surface area contributed by atoms with Gasteiger partial charge in [0.2, 0.25) is 5.91 Å². The van der Waals surface area contributed by atoms with Crippen molar-refractivity contribution in [3.63, 3.8) is 0 Å². The summed E-state index contributed by atoms with van der Waals surface area (Å²) in [6.45, 7) is 2.09. The number of halogens is 1. The first-order valence-electron chi connectivity index (χ1n) is 7.35. The highest BCUT2D eigenvalue weighted by Crippen LogP contribution is 2.18. The molecule has 4 heteroatoms. The Labute approximate surface area is 144 Å². The van der Waals surface area contributed by atoms with Gasteiger partial charge >= 0.3 is 0 Å². The first kappa shape index (κ1) is 17.1. The highest BCUT2D eigenvalue weighted by Gasteiger charge is 2.12. The molecule has 0 saturated carbocycles. The third-order valence-corrected chi connectivity index (χ3v) is 4.89. The van der Waals surface area contributed by atoms with Crippen molar-refractivity contribution < 1.29 is 4.79 Å². The molecule has 1 amide bonds. The molecule has 116 valence electrons. The molecule has 0 bridgehead atoms. The van der Waals surface area contributed by atoms with Crippen LogP contribution in [0.3, 0.4) is 0 Å². The maximum atomic E-state index is 12.1. The van der Waals surface area contributed by atoms with Crippen molar-refractivity contribution in [1.82, 2.24) is 5.32 Å². The average Bonchev–Trinajstić information content (AvgIpc) is 2.55. The molecule has 0 aliphatic rings. The van der Waals surface area contributed by atoms with Crippen LogP contribution in [0.1, 0.15) is 30.5 Å². The summed E-state index contributed by atoms with van der Waals surface area (Å²) in [5, 5.41) is 3.11. The Hall–Kier alpha value is -1.26. The van der Waals surface area contributed by atoms with Gasteiger partial charge in [-0.15, -0.1) is 11.8 Å². The first-order valence-corrected chi connectivity index (χ1v) is 9.30. The fraction of sp³-hybridized carbons (Fsp3) is 0.278. The molecule has 22 heavy (non-hydrogen) atoms. The van der Waals surface area contributed by atoms with E-state index in [1.165, 1.54) is 5.56 Å². The molecule has 1 N–H and O–H groups in total. The molecule has 0 aromatic heterocycles. The first-order chi connectivity index (χ1) is 10.7. The fourth-order valence-electron chi connectivity index (χ4n) is 2.18. The zero-order valence-corrected chi connectivity index (χ0v) is 15.0. The smallest absolute Gasteiger partial charge is 0.230 e. The fourth-order valence-corrected chi connectivity index (χ4v) is 3.25. The Kier molecular flexibility index (Phi) is 7.00. The standard InChI is InChI=1S/C18H20BrNOS/c1-2-17(15-6-4-3-5-7-15)20-18(21)13-22-12-14-8-10-16(19)11-9-14/h3-11,17H,2,12-13H2,1H3,(H,20,21)/t17-/m0/s1. The highest BCUT2D eigenvalue weighted by molar-refractivity contribution is 9.10. The van der Waals surface area contributed by atoms with E-state index < -0.39 is 0 Å². The summed E-state index contributed by atoms with van der Waals surface area (Å²) in [5.74, 6) is 1.43. The van der Waals surface area contributed by atoms with Gasteiger partial charge in [0.05, 0.1) is 11.8 Å². The molecule has 1 atom stereocenters. The number of thioether (sulfide) groups is 1. The third kappa shape index (κ3) is 5.50. The van der Waals surface area contributed by atoms with E-state index in [1.807, 2.05) is 30.3 Å². The second-order valence-corrected chi connectivity index (χ2v) is 6.96. The molecular weight excluding hydrogens is 358 g/mol.